The second-order valence-electron chi connectivity index (χ2n) is 5.49. The van der Waals surface area contributed by atoms with Crippen LogP contribution >= 0.6 is 0 Å². The van der Waals surface area contributed by atoms with Crippen molar-refractivity contribution in [2.45, 2.75) is 44.8 Å². The molecular formula is C15H20FNO. The maximum absolute atomic E-state index is 13.7. The van der Waals surface area contributed by atoms with Crippen LogP contribution in [0.2, 0.25) is 0 Å². The largest absolute Gasteiger partial charge is 0.391 e. The number of benzene rings is 1. The Morgan fingerprint density at radius 1 is 1.22 bits per heavy atom. The molecule has 2 fully saturated rings. The minimum absolute atomic E-state index is 0.212. The van der Waals surface area contributed by atoms with E-state index in [1.807, 2.05) is 6.07 Å². The van der Waals surface area contributed by atoms with Crippen LogP contribution in [-0.4, -0.2) is 17.7 Å². The third-order valence-corrected chi connectivity index (χ3v) is 4.57. The third-order valence-electron chi connectivity index (χ3n) is 4.57. The Hall–Kier alpha value is -1.09. The van der Waals surface area contributed by atoms with Gasteiger partial charge >= 0.3 is 0 Å². The van der Waals surface area contributed by atoms with Crippen molar-refractivity contribution >= 4 is 5.69 Å². The monoisotopic (exact) mass is 249 g/mol. The zero-order valence-electron chi connectivity index (χ0n) is 10.6. The van der Waals surface area contributed by atoms with Crippen molar-refractivity contribution in [1.29, 1.82) is 0 Å². The van der Waals surface area contributed by atoms with Crippen LogP contribution in [0, 0.1) is 11.7 Å². The lowest BCUT2D eigenvalue weighted by atomic mass is 9.85. The van der Waals surface area contributed by atoms with Crippen LogP contribution in [0.4, 0.5) is 10.1 Å². The van der Waals surface area contributed by atoms with E-state index < -0.39 is 0 Å². The quantitative estimate of drug-likeness (QED) is 0.870. The van der Waals surface area contributed by atoms with Crippen molar-refractivity contribution in [3.8, 4) is 0 Å². The molecule has 98 valence electrons. The van der Waals surface area contributed by atoms with Gasteiger partial charge in [0.15, 0.2) is 0 Å². The predicted octanol–water partition coefficient (Wildman–Crippen LogP) is 3.09. The van der Waals surface area contributed by atoms with Gasteiger partial charge in [-0.25, -0.2) is 4.39 Å². The second-order valence-corrected chi connectivity index (χ2v) is 5.49. The van der Waals surface area contributed by atoms with Gasteiger partial charge in [0.2, 0.25) is 0 Å². The highest BCUT2D eigenvalue weighted by Crippen LogP contribution is 2.40. The second kappa shape index (κ2) is 4.88. The van der Waals surface area contributed by atoms with Crippen molar-refractivity contribution in [2.75, 3.05) is 11.4 Å². The number of halogens is 1. The molecule has 2 atom stereocenters. The Morgan fingerprint density at radius 3 is 2.89 bits per heavy atom. The van der Waals surface area contributed by atoms with E-state index in [0.29, 0.717) is 11.6 Å². The summed E-state index contributed by atoms with van der Waals surface area (Å²) in [6.07, 6.45) is 6.36. The number of rotatable bonds is 2. The van der Waals surface area contributed by atoms with Gasteiger partial charge in [-0.15, -0.1) is 0 Å². The molecule has 1 N–H and O–H groups in total. The first-order valence-corrected chi connectivity index (χ1v) is 6.96. The lowest BCUT2D eigenvalue weighted by Crippen LogP contribution is -2.35. The lowest BCUT2D eigenvalue weighted by Gasteiger charge is -2.34. The fourth-order valence-corrected chi connectivity index (χ4v) is 3.68. The van der Waals surface area contributed by atoms with E-state index in [1.165, 1.54) is 38.2 Å². The highest BCUT2D eigenvalue weighted by molar-refractivity contribution is 5.55. The van der Waals surface area contributed by atoms with Gasteiger partial charge in [-0.3, -0.25) is 0 Å². The molecule has 1 aliphatic heterocycles. The number of hydrogen-bond acceptors (Lipinski definition) is 2. The summed E-state index contributed by atoms with van der Waals surface area (Å²) in [6, 6.07) is 5.69. The summed E-state index contributed by atoms with van der Waals surface area (Å²) in [4.78, 5) is 2.33. The summed E-state index contributed by atoms with van der Waals surface area (Å²) >= 11 is 0. The molecule has 1 heterocycles. The van der Waals surface area contributed by atoms with Gasteiger partial charge in [-0.05, 0) is 37.3 Å². The average Bonchev–Trinajstić information content (AvgIpc) is 2.82. The lowest BCUT2D eigenvalue weighted by molar-refractivity contribution is 0.275. The molecule has 1 aromatic rings. The van der Waals surface area contributed by atoms with Crippen LogP contribution in [0.5, 0.6) is 0 Å². The Bertz CT molecular complexity index is 435. The minimum atomic E-state index is -0.283. The molecule has 0 amide bonds. The number of aliphatic hydroxyl groups excluding tert-OH is 1. The minimum Gasteiger partial charge on any atom is -0.391 e. The van der Waals surface area contributed by atoms with Crippen LogP contribution in [0.15, 0.2) is 18.2 Å². The topological polar surface area (TPSA) is 23.5 Å². The number of nitrogens with zero attached hydrogens (tertiary/aromatic N) is 1. The van der Waals surface area contributed by atoms with Crippen molar-refractivity contribution in [1.82, 2.24) is 0 Å². The van der Waals surface area contributed by atoms with E-state index >= 15 is 0 Å². The highest BCUT2D eigenvalue weighted by atomic mass is 19.1. The van der Waals surface area contributed by atoms with Gasteiger partial charge in [-0.1, -0.05) is 18.9 Å². The Balaban J connectivity index is 1.93. The molecule has 0 radical (unpaired) electrons. The summed E-state index contributed by atoms with van der Waals surface area (Å²) in [5.74, 6) is 0.489. The summed E-state index contributed by atoms with van der Waals surface area (Å²) in [5, 5.41) is 9.39. The Morgan fingerprint density at radius 2 is 2.06 bits per heavy atom. The van der Waals surface area contributed by atoms with Gasteiger partial charge in [0.05, 0.1) is 6.61 Å². The van der Waals surface area contributed by atoms with E-state index in [4.69, 9.17) is 0 Å². The van der Waals surface area contributed by atoms with Crippen LogP contribution < -0.4 is 4.90 Å². The smallest absolute Gasteiger partial charge is 0.130 e. The van der Waals surface area contributed by atoms with Crippen LogP contribution in [0.25, 0.3) is 0 Å². The van der Waals surface area contributed by atoms with Gasteiger partial charge in [0.1, 0.15) is 5.82 Å². The summed E-state index contributed by atoms with van der Waals surface area (Å²) in [6.45, 7) is 0.793. The first-order valence-electron chi connectivity index (χ1n) is 6.96. The molecule has 2 unspecified atom stereocenters. The number of hydrogen-bond donors (Lipinski definition) is 1. The van der Waals surface area contributed by atoms with Gasteiger partial charge in [0.25, 0.3) is 0 Å². The number of aliphatic hydroxyl groups is 1. The van der Waals surface area contributed by atoms with Crippen LogP contribution in [0.1, 0.15) is 37.7 Å². The zero-order chi connectivity index (χ0) is 12.5. The molecular weight excluding hydrogens is 229 g/mol. The molecule has 1 aliphatic carbocycles. The van der Waals surface area contributed by atoms with Crippen LogP contribution in [0.3, 0.4) is 0 Å². The molecule has 0 aromatic heterocycles. The van der Waals surface area contributed by atoms with Crippen molar-refractivity contribution < 1.29 is 9.50 Å². The highest BCUT2D eigenvalue weighted by Gasteiger charge is 2.36. The van der Waals surface area contributed by atoms with E-state index in [2.05, 4.69) is 4.90 Å². The normalized spacial score (nSPS) is 27.3. The average molecular weight is 249 g/mol. The fourth-order valence-electron chi connectivity index (χ4n) is 3.68. The predicted molar refractivity (Wildman–Crippen MR) is 70.0 cm³/mol. The van der Waals surface area contributed by atoms with Crippen molar-refractivity contribution in [2.24, 2.45) is 5.92 Å². The van der Waals surface area contributed by atoms with Crippen molar-refractivity contribution in [3.05, 3.63) is 29.6 Å². The summed E-state index contributed by atoms with van der Waals surface area (Å²) in [5.41, 5.74) is 1.37. The molecule has 0 bridgehead atoms. The molecule has 0 spiro atoms. The number of fused-ring (bicyclic) bond motifs is 1. The molecule has 1 saturated carbocycles. The molecule has 3 heteroatoms. The first-order chi connectivity index (χ1) is 8.81. The summed E-state index contributed by atoms with van der Waals surface area (Å²) < 4.78 is 13.7. The Labute approximate surface area is 107 Å². The first kappa shape index (κ1) is 12.0. The summed E-state index contributed by atoms with van der Waals surface area (Å²) in [7, 11) is 0. The van der Waals surface area contributed by atoms with Crippen molar-refractivity contribution in [3.63, 3.8) is 0 Å². The third kappa shape index (κ3) is 1.91. The molecule has 3 rings (SSSR count). The maximum Gasteiger partial charge on any atom is 0.130 e. The molecule has 2 aliphatic rings. The fraction of sp³-hybridized carbons (Fsp3) is 0.600. The molecule has 1 aromatic carbocycles. The van der Waals surface area contributed by atoms with Gasteiger partial charge in [0, 0.05) is 23.8 Å². The van der Waals surface area contributed by atoms with E-state index in [-0.39, 0.29) is 12.4 Å². The van der Waals surface area contributed by atoms with E-state index in [9.17, 15) is 9.50 Å². The standard InChI is InChI=1S/C15H20FNO/c16-13-5-3-7-15(12(13)10-18)17-9-8-11-4-1-2-6-14(11)17/h3,5,7,11,14,18H,1-2,4,6,8-10H2. The maximum atomic E-state index is 13.7. The van der Waals surface area contributed by atoms with Crippen LogP contribution in [-0.2, 0) is 6.61 Å². The van der Waals surface area contributed by atoms with E-state index in [1.54, 1.807) is 6.07 Å². The van der Waals surface area contributed by atoms with E-state index in [0.717, 1.165) is 18.2 Å². The SMILES string of the molecule is OCc1c(F)cccc1N1CCC2CCCCC21. The number of anilines is 1. The molecule has 18 heavy (non-hydrogen) atoms. The molecule has 2 nitrogen and oxygen atoms in total. The Kier molecular flexibility index (Phi) is 3.25. The zero-order valence-corrected chi connectivity index (χ0v) is 10.6. The van der Waals surface area contributed by atoms with Gasteiger partial charge in [-0.2, -0.15) is 0 Å². The molecule has 1 saturated heterocycles. The van der Waals surface area contributed by atoms with Gasteiger partial charge < -0.3 is 10.0 Å².